The Kier molecular flexibility index (Phi) is 4.05. The molecule has 21 heavy (non-hydrogen) atoms. The molecule has 0 radical (unpaired) electrons. The zero-order valence-electron chi connectivity index (χ0n) is 11.3. The quantitative estimate of drug-likeness (QED) is 0.784. The number of hydrogen-bond donors (Lipinski definition) is 1. The molecule has 0 aliphatic rings. The Morgan fingerprint density at radius 2 is 1.67 bits per heavy atom. The Balaban J connectivity index is 1.75. The molecule has 0 aliphatic carbocycles. The molecular formula is C16H15NO2S2. The molecule has 3 nitrogen and oxygen atoms in total. The lowest BCUT2D eigenvalue weighted by Crippen LogP contribution is -2.25. The zero-order valence-corrected chi connectivity index (χ0v) is 13.0. The second-order valence-electron chi connectivity index (χ2n) is 4.74. The van der Waals surface area contributed by atoms with Crippen LogP contribution in [0.2, 0.25) is 0 Å². The molecule has 0 spiro atoms. The van der Waals surface area contributed by atoms with E-state index in [1.165, 1.54) is 11.3 Å². The molecule has 5 heteroatoms. The van der Waals surface area contributed by atoms with Crippen molar-refractivity contribution in [3.05, 3.63) is 65.5 Å². The molecule has 1 aromatic heterocycles. The van der Waals surface area contributed by atoms with Crippen LogP contribution in [0.25, 0.3) is 10.8 Å². The Labute approximate surface area is 128 Å². The van der Waals surface area contributed by atoms with Crippen LogP contribution in [0, 0.1) is 0 Å². The Bertz CT molecular complexity index is 839. The molecular weight excluding hydrogens is 302 g/mol. The molecule has 0 fully saturated rings. The van der Waals surface area contributed by atoms with Crippen molar-refractivity contribution in [3.8, 4) is 0 Å². The average molecular weight is 317 g/mol. The first-order valence-electron chi connectivity index (χ1n) is 6.67. The van der Waals surface area contributed by atoms with E-state index in [2.05, 4.69) is 4.72 Å². The van der Waals surface area contributed by atoms with Crippen molar-refractivity contribution in [3.63, 3.8) is 0 Å². The highest BCUT2D eigenvalue weighted by Gasteiger charge is 2.18. The third-order valence-electron chi connectivity index (χ3n) is 3.27. The molecule has 0 amide bonds. The fourth-order valence-electron chi connectivity index (χ4n) is 2.21. The highest BCUT2D eigenvalue weighted by molar-refractivity contribution is 7.91. The number of thiophene rings is 1. The summed E-state index contributed by atoms with van der Waals surface area (Å²) in [4.78, 5) is 0. The van der Waals surface area contributed by atoms with Crippen molar-refractivity contribution in [1.29, 1.82) is 0 Å². The highest BCUT2D eigenvalue weighted by Crippen LogP contribution is 2.29. The number of nitrogens with one attached hydrogen (secondary N) is 1. The van der Waals surface area contributed by atoms with Gasteiger partial charge < -0.3 is 0 Å². The Hall–Kier alpha value is -1.69. The van der Waals surface area contributed by atoms with Gasteiger partial charge in [-0.2, -0.15) is 0 Å². The standard InChI is InChI=1S/C16H15NO2S2/c18-21(19,17-11-10-13-6-2-1-3-7-13)16-15-9-5-4-8-14(15)12-20-16/h1-9,12,17H,10-11H2. The summed E-state index contributed by atoms with van der Waals surface area (Å²) in [5, 5.41) is 3.63. The van der Waals surface area contributed by atoms with Gasteiger partial charge in [-0.05, 0) is 22.8 Å². The predicted molar refractivity (Wildman–Crippen MR) is 87.2 cm³/mol. The minimum absolute atomic E-state index is 0.395. The van der Waals surface area contributed by atoms with Crippen LogP contribution in [0.4, 0.5) is 0 Å². The first-order chi connectivity index (χ1) is 10.2. The Morgan fingerprint density at radius 3 is 2.48 bits per heavy atom. The van der Waals surface area contributed by atoms with E-state index < -0.39 is 10.0 Å². The molecule has 0 unspecified atom stereocenters. The molecule has 1 heterocycles. The zero-order chi connectivity index (χ0) is 14.7. The summed E-state index contributed by atoms with van der Waals surface area (Å²) >= 11 is 1.27. The van der Waals surface area contributed by atoms with Crippen molar-refractivity contribution >= 4 is 32.1 Å². The van der Waals surface area contributed by atoms with Gasteiger partial charge in [0.05, 0.1) is 0 Å². The van der Waals surface area contributed by atoms with Gasteiger partial charge in [0, 0.05) is 11.9 Å². The first kappa shape index (κ1) is 14.3. The minimum atomic E-state index is -3.45. The lowest BCUT2D eigenvalue weighted by atomic mass is 10.2. The number of benzene rings is 2. The van der Waals surface area contributed by atoms with Crippen molar-refractivity contribution in [2.24, 2.45) is 0 Å². The van der Waals surface area contributed by atoms with Gasteiger partial charge >= 0.3 is 0 Å². The smallest absolute Gasteiger partial charge is 0.210 e. The Morgan fingerprint density at radius 1 is 0.952 bits per heavy atom. The van der Waals surface area contributed by atoms with E-state index in [-0.39, 0.29) is 0 Å². The molecule has 3 rings (SSSR count). The summed E-state index contributed by atoms with van der Waals surface area (Å²) < 4.78 is 27.9. The van der Waals surface area contributed by atoms with Crippen molar-refractivity contribution < 1.29 is 8.42 Å². The second kappa shape index (κ2) is 5.97. The maximum absolute atomic E-state index is 12.4. The first-order valence-corrected chi connectivity index (χ1v) is 9.03. The topological polar surface area (TPSA) is 46.2 Å². The van der Waals surface area contributed by atoms with Gasteiger partial charge in [0.25, 0.3) is 10.0 Å². The van der Waals surface area contributed by atoms with Crippen LogP contribution in [0.3, 0.4) is 0 Å². The SMILES string of the molecule is O=S(=O)(NCCc1ccccc1)c1scc2ccccc12. The van der Waals surface area contributed by atoms with E-state index in [1.807, 2.05) is 60.0 Å². The van der Waals surface area contributed by atoms with Gasteiger partial charge in [-0.25, -0.2) is 13.1 Å². The van der Waals surface area contributed by atoms with Gasteiger partial charge in [-0.3, -0.25) is 0 Å². The average Bonchev–Trinajstić information content (AvgIpc) is 2.93. The van der Waals surface area contributed by atoms with Crippen molar-refractivity contribution in [1.82, 2.24) is 4.72 Å². The molecule has 108 valence electrons. The minimum Gasteiger partial charge on any atom is -0.210 e. The van der Waals surface area contributed by atoms with E-state index in [4.69, 9.17) is 0 Å². The summed E-state index contributed by atoms with van der Waals surface area (Å²) in [5.74, 6) is 0. The molecule has 1 N–H and O–H groups in total. The van der Waals surface area contributed by atoms with Crippen molar-refractivity contribution in [2.45, 2.75) is 10.6 Å². The van der Waals surface area contributed by atoms with E-state index in [0.717, 1.165) is 16.3 Å². The van der Waals surface area contributed by atoms with E-state index in [1.54, 1.807) is 0 Å². The van der Waals surface area contributed by atoms with Crippen molar-refractivity contribution in [2.75, 3.05) is 6.54 Å². The summed E-state index contributed by atoms with van der Waals surface area (Å²) in [6, 6.07) is 17.4. The molecule has 0 saturated heterocycles. The summed E-state index contributed by atoms with van der Waals surface area (Å²) in [6.45, 7) is 0.401. The monoisotopic (exact) mass is 317 g/mol. The number of rotatable bonds is 5. The fraction of sp³-hybridized carbons (Fsp3) is 0.125. The molecule has 0 aliphatic heterocycles. The molecule has 0 saturated carbocycles. The van der Waals surface area contributed by atoms with Crippen LogP contribution in [-0.4, -0.2) is 15.0 Å². The van der Waals surface area contributed by atoms with Gasteiger partial charge in [-0.15, -0.1) is 11.3 Å². The second-order valence-corrected chi connectivity index (χ2v) is 7.59. The van der Waals surface area contributed by atoms with Crippen LogP contribution in [-0.2, 0) is 16.4 Å². The fourth-order valence-corrected chi connectivity index (χ4v) is 4.77. The van der Waals surface area contributed by atoms with Crippen LogP contribution in [0.1, 0.15) is 5.56 Å². The molecule has 2 aromatic carbocycles. The third-order valence-corrected chi connectivity index (χ3v) is 6.31. The van der Waals surface area contributed by atoms with E-state index >= 15 is 0 Å². The van der Waals surface area contributed by atoms with Crippen LogP contribution < -0.4 is 4.72 Å². The molecule has 0 bridgehead atoms. The maximum atomic E-state index is 12.4. The van der Waals surface area contributed by atoms with Gasteiger partial charge in [0.1, 0.15) is 4.21 Å². The maximum Gasteiger partial charge on any atom is 0.250 e. The number of fused-ring (bicyclic) bond motifs is 1. The van der Waals surface area contributed by atoms with Crippen LogP contribution in [0.15, 0.2) is 64.2 Å². The normalized spacial score (nSPS) is 11.8. The van der Waals surface area contributed by atoms with Gasteiger partial charge in [-0.1, -0.05) is 54.6 Å². The lowest BCUT2D eigenvalue weighted by molar-refractivity contribution is 0.584. The molecule has 3 aromatic rings. The summed E-state index contributed by atoms with van der Waals surface area (Å²) in [6.07, 6.45) is 0.684. The van der Waals surface area contributed by atoms with Crippen LogP contribution >= 0.6 is 11.3 Å². The third kappa shape index (κ3) is 3.15. The number of sulfonamides is 1. The van der Waals surface area contributed by atoms with Gasteiger partial charge in [0.2, 0.25) is 0 Å². The van der Waals surface area contributed by atoms with Gasteiger partial charge in [0.15, 0.2) is 0 Å². The van der Waals surface area contributed by atoms with E-state index in [0.29, 0.717) is 17.2 Å². The highest BCUT2D eigenvalue weighted by atomic mass is 32.2. The van der Waals surface area contributed by atoms with Crippen LogP contribution in [0.5, 0.6) is 0 Å². The summed E-state index contributed by atoms with van der Waals surface area (Å²) in [7, 11) is -3.45. The largest absolute Gasteiger partial charge is 0.250 e. The molecule has 0 atom stereocenters. The summed E-state index contributed by atoms with van der Waals surface area (Å²) in [5.41, 5.74) is 1.12. The number of hydrogen-bond acceptors (Lipinski definition) is 3. The lowest BCUT2D eigenvalue weighted by Gasteiger charge is -2.05. The predicted octanol–water partition coefficient (Wildman–Crippen LogP) is 3.42. The van der Waals surface area contributed by atoms with E-state index in [9.17, 15) is 8.42 Å².